The molecule has 10 heteroatoms. The first-order chi connectivity index (χ1) is 13.0. The van der Waals surface area contributed by atoms with E-state index in [0.717, 1.165) is 15.5 Å². The fraction of sp³-hybridized carbons (Fsp3) is 0.235. The number of aromatic nitrogens is 2. The fourth-order valence-electron chi connectivity index (χ4n) is 2.96. The molecule has 3 aromatic rings. The van der Waals surface area contributed by atoms with Gasteiger partial charge in [-0.2, -0.15) is 0 Å². The van der Waals surface area contributed by atoms with Crippen LogP contribution in [0, 0.1) is 10.1 Å². The summed E-state index contributed by atoms with van der Waals surface area (Å²) in [4.78, 5) is 36.6. The molecule has 1 aliphatic rings. The van der Waals surface area contributed by atoms with Crippen molar-refractivity contribution >= 4 is 50.0 Å². The van der Waals surface area contributed by atoms with E-state index in [9.17, 15) is 14.9 Å². The lowest BCUT2D eigenvalue weighted by Gasteiger charge is -2.34. The zero-order valence-corrected chi connectivity index (χ0v) is 15.6. The number of hydrogen-bond donors (Lipinski definition) is 0. The maximum Gasteiger partial charge on any atom is 0.270 e. The van der Waals surface area contributed by atoms with E-state index < -0.39 is 4.92 Å². The number of nitrogens with zero attached hydrogens (tertiary/aromatic N) is 5. The van der Waals surface area contributed by atoms with E-state index >= 15 is 0 Å². The van der Waals surface area contributed by atoms with Gasteiger partial charge in [-0.15, -0.1) is 0 Å². The zero-order valence-electron chi connectivity index (χ0n) is 14.0. The number of amides is 1. The Hall–Kier alpha value is -2.78. The summed E-state index contributed by atoms with van der Waals surface area (Å²) in [6, 6.07) is 7.70. The second kappa shape index (κ2) is 7.09. The number of hydrogen-bond acceptors (Lipinski definition) is 7. The van der Waals surface area contributed by atoms with Gasteiger partial charge in [0.25, 0.3) is 11.6 Å². The topological polar surface area (TPSA) is 92.5 Å². The average Bonchev–Trinajstić information content (AvgIpc) is 3.11. The van der Waals surface area contributed by atoms with Crippen LogP contribution in [-0.2, 0) is 0 Å². The third-order valence-corrected chi connectivity index (χ3v) is 5.74. The third-order valence-electron chi connectivity index (χ3n) is 4.39. The summed E-state index contributed by atoms with van der Waals surface area (Å²) in [5.74, 6) is -0.222. The molecule has 1 aliphatic heterocycles. The van der Waals surface area contributed by atoms with Crippen molar-refractivity contribution < 1.29 is 9.72 Å². The monoisotopic (exact) mass is 403 g/mol. The van der Waals surface area contributed by atoms with Crippen molar-refractivity contribution in [3.8, 4) is 0 Å². The van der Waals surface area contributed by atoms with Crippen LogP contribution in [0.15, 0.2) is 36.5 Å². The van der Waals surface area contributed by atoms with Gasteiger partial charge >= 0.3 is 0 Å². The van der Waals surface area contributed by atoms with Crippen molar-refractivity contribution in [2.24, 2.45) is 0 Å². The van der Waals surface area contributed by atoms with E-state index in [1.54, 1.807) is 11.1 Å². The second-order valence-corrected chi connectivity index (χ2v) is 7.39. The lowest BCUT2D eigenvalue weighted by Crippen LogP contribution is -2.48. The molecule has 4 rings (SSSR count). The van der Waals surface area contributed by atoms with Gasteiger partial charge in [-0.05, 0) is 18.2 Å². The Labute approximate surface area is 163 Å². The molecule has 0 unspecified atom stereocenters. The Kier molecular flexibility index (Phi) is 4.63. The van der Waals surface area contributed by atoms with Gasteiger partial charge in [0, 0.05) is 44.5 Å². The van der Waals surface area contributed by atoms with Gasteiger partial charge in [0.05, 0.1) is 15.5 Å². The number of piperazine rings is 1. The number of nitro groups is 1. The molecule has 0 saturated carbocycles. The highest BCUT2D eigenvalue weighted by Gasteiger charge is 2.26. The van der Waals surface area contributed by atoms with Crippen molar-refractivity contribution in [1.29, 1.82) is 0 Å². The van der Waals surface area contributed by atoms with Gasteiger partial charge in [0.2, 0.25) is 0 Å². The van der Waals surface area contributed by atoms with Crippen LogP contribution in [0.1, 0.15) is 10.4 Å². The molecule has 138 valence electrons. The number of carbonyl (C=O) groups is 1. The number of pyridine rings is 1. The molecule has 1 fully saturated rings. The summed E-state index contributed by atoms with van der Waals surface area (Å²) in [7, 11) is 0. The molecule has 1 aromatic carbocycles. The van der Waals surface area contributed by atoms with Crippen molar-refractivity contribution in [2.75, 3.05) is 31.1 Å². The molecule has 0 atom stereocenters. The molecule has 0 radical (unpaired) electrons. The van der Waals surface area contributed by atoms with Crippen molar-refractivity contribution in [3.63, 3.8) is 0 Å². The van der Waals surface area contributed by atoms with Gasteiger partial charge in [0.1, 0.15) is 10.3 Å². The quantitative estimate of drug-likeness (QED) is 0.492. The lowest BCUT2D eigenvalue weighted by molar-refractivity contribution is -0.384. The fourth-order valence-corrected chi connectivity index (χ4v) is 4.17. The normalized spacial score (nSPS) is 14.6. The highest BCUT2D eigenvalue weighted by Crippen LogP contribution is 2.28. The van der Waals surface area contributed by atoms with E-state index in [1.807, 2.05) is 12.1 Å². The first-order valence-corrected chi connectivity index (χ1v) is 9.42. The van der Waals surface area contributed by atoms with E-state index in [4.69, 9.17) is 11.6 Å². The highest BCUT2D eigenvalue weighted by molar-refractivity contribution is 7.21. The summed E-state index contributed by atoms with van der Waals surface area (Å²) < 4.78 is 0. The standard InChI is InChI=1S/C17H14ClN5O3S/c18-13-10-11(23(25)26)3-4-12(13)16(24)21-6-8-22(9-7-21)17-20-14-2-1-5-19-15(14)27-17/h1-5,10H,6-9H2. The number of non-ortho nitro benzene ring substituents is 1. The number of halogens is 1. The predicted molar refractivity (Wildman–Crippen MR) is 104 cm³/mol. The summed E-state index contributed by atoms with van der Waals surface area (Å²) in [6.45, 7) is 2.34. The molecule has 0 spiro atoms. The Bertz CT molecular complexity index is 999. The van der Waals surface area contributed by atoms with Gasteiger partial charge in [-0.3, -0.25) is 14.9 Å². The SMILES string of the molecule is O=C(c1ccc([N+](=O)[O-])cc1Cl)N1CCN(c2nc3cccnc3s2)CC1. The maximum atomic E-state index is 12.7. The average molecular weight is 404 g/mol. The van der Waals surface area contributed by atoms with E-state index in [1.165, 1.54) is 29.5 Å². The van der Waals surface area contributed by atoms with E-state index in [-0.39, 0.29) is 22.2 Å². The molecule has 27 heavy (non-hydrogen) atoms. The smallest absolute Gasteiger partial charge is 0.270 e. The van der Waals surface area contributed by atoms with Crippen LogP contribution in [0.4, 0.5) is 10.8 Å². The summed E-state index contributed by atoms with van der Waals surface area (Å²) in [6.07, 6.45) is 1.74. The Balaban J connectivity index is 1.45. The molecule has 3 heterocycles. The third kappa shape index (κ3) is 3.43. The van der Waals surface area contributed by atoms with Gasteiger partial charge in [0.15, 0.2) is 5.13 Å². The molecular formula is C17H14ClN5O3S. The van der Waals surface area contributed by atoms with Crippen molar-refractivity contribution in [3.05, 3.63) is 57.2 Å². The van der Waals surface area contributed by atoms with Gasteiger partial charge in [-0.1, -0.05) is 22.9 Å². The predicted octanol–water partition coefficient (Wildman–Crippen LogP) is 3.22. The molecule has 8 nitrogen and oxygen atoms in total. The Morgan fingerprint density at radius 2 is 2.00 bits per heavy atom. The highest BCUT2D eigenvalue weighted by atomic mass is 35.5. The zero-order chi connectivity index (χ0) is 19.0. The minimum absolute atomic E-state index is 0.0916. The molecule has 0 N–H and O–H groups in total. The van der Waals surface area contributed by atoms with Crippen LogP contribution in [0.3, 0.4) is 0 Å². The Morgan fingerprint density at radius 3 is 2.67 bits per heavy atom. The van der Waals surface area contributed by atoms with Crippen molar-refractivity contribution in [1.82, 2.24) is 14.9 Å². The van der Waals surface area contributed by atoms with Crippen LogP contribution >= 0.6 is 22.9 Å². The van der Waals surface area contributed by atoms with Crippen LogP contribution in [0.5, 0.6) is 0 Å². The van der Waals surface area contributed by atoms with Crippen LogP contribution in [0.2, 0.25) is 5.02 Å². The number of anilines is 1. The molecule has 1 amide bonds. The largest absolute Gasteiger partial charge is 0.344 e. The number of benzene rings is 1. The molecule has 0 bridgehead atoms. The first kappa shape index (κ1) is 17.6. The number of fused-ring (bicyclic) bond motifs is 1. The minimum atomic E-state index is -0.536. The lowest BCUT2D eigenvalue weighted by atomic mass is 10.1. The number of nitro benzene ring substituents is 1. The number of rotatable bonds is 3. The summed E-state index contributed by atoms with van der Waals surface area (Å²) in [5.41, 5.74) is 1.01. The van der Waals surface area contributed by atoms with E-state index in [2.05, 4.69) is 14.9 Å². The van der Waals surface area contributed by atoms with Gasteiger partial charge in [-0.25, -0.2) is 9.97 Å². The van der Waals surface area contributed by atoms with Crippen molar-refractivity contribution in [2.45, 2.75) is 0 Å². The Morgan fingerprint density at radius 1 is 1.22 bits per heavy atom. The van der Waals surface area contributed by atoms with Crippen LogP contribution in [-0.4, -0.2) is 51.9 Å². The van der Waals surface area contributed by atoms with E-state index in [0.29, 0.717) is 26.2 Å². The second-order valence-electron chi connectivity index (χ2n) is 6.02. The number of thiazole rings is 1. The molecule has 1 saturated heterocycles. The summed E-state index contributed by atoms with van der Waals surface area (Å²) in [5, 5.41) is 11.8. The molecular weight excluding hydrogens is 390 g/mol. The maximum absolute atomic E-state index is 12.7. The first-order valence-electron chi connectivity index (χ1n) is 8.22. The minimum Gasteiger partial charge on any atom is -0.344 e. The van der Waals surface area contributed by atoms with Crippen LogP contribution < -0.4 is 4.90 Å². The molecule has 2 aromatic heterocycles. The molecule has 0 aliphatic carbocycles. The van der Waals surface area contributed by atoms with Gasteiger partial charge < -0.3 is 9.80 Å². The summed E-state index contributed by atoms with van der Waals surface area (Å²) >= 11 is 7.61. The number of carbonyl (C=O) groups excluding carboxylic acids is 1. The van der Waals surface area contributed by atoms with Crippen LogP contribution in [0.25, 0.3) is 10.3 Å².